The van der Waals surface area contributed by atoms with Gasteiger partial charge in [0.05, 0.1) is 37.2 Å². The number of anilines is 2. The van der Waals surface area contributed by atoms with Gasteiger partial charge in [0.1, 0.15) is 0 Å². The van der Waals surface area contributed by atoms with E-state index in [4.69, 9.17) is 9.47 Å². The number of likely N-dealkylation sites (tertiary alicyclic amines) is 1. The molecule has 1 unspecified atom stereocenters. The van der Waals surface area contributed by atoms with Crippen molar-refractivity contribution in [2.75, 3.05) is 49.6 Å². The fourth-order valence-corrected chi connectivity index (χ4v) is 5.10. The van der Waals surface area contributed by atoms with Crippen molar-refractivity contribution in [2.24, 2.45) is 0 Å². The number of amides is 1. The molecule has 3 aliphatic rings. The molecule has 32 heavy (non-hydrogen) atoms. The lowest BCUT2D eigenvalue weighted by Crippen LogP contribution is -2.35. The first-order chi connectivity index (χ1) is 15.8. The Labute approximate surface area is 190 Å². The van der Waals surface area contributed by atoms with E-state index in [0.717, 1.165) is 61.6 Å². The molecule has 2 saturated heterocycles. The van der Waals surface area contributed by atoms with Gasteiger partial charge in [-0.1, -0.05) is 18.2 Å². The number of nitrogens with zero attached hydrogens (tertiary/aromatic N) is 2. The minimum absolute atomic E-state index is 0.0961. The number of piperidine rings is 1. The average molecular weight is 436 g/mol. The van der Waals surface area contributed by atoms with Crippen molar-refractivity contribution in [1.82, 2.24) is 4.90 Å². The van der Waals surface area contributed by atoms with Crippen LogP contribution in [0.5, 0.6) is 11.5 Å². The third kappa shape index (κ3) is 4.50. The monoisotopic (exact) mass is 435 g/mol. The molecular weight excluding hydrogens is 402 g/mol. The fourth-order valence-electron chi connectivity index (χ4n) is 5.10. The van der Waals surface area contributed by atoms with Crippen molar-refractivity contribution in [3.8, 4) is 11.5 Å². The fraction of sp³-hybridized carbons (Fsp3) is 0.500. The molecule has 2 aromatic rings. The summed E-state index contributed by atoms with van der Waals surface area (Å²) in [5.41, 5.74) is 3.39. The third-order valence-electron chi connectivity index (χ3n) is 6.76. The minimum atomic E-state index is 0.0961. The van der Waals surface area contributed by atoms with E-state index >= 15 is 0 Å². The van der Waals surface area contributed by atoms with Crippen LogP contribution in [0.25, 0.3) is 0 Å². The van der Waals surface area contributed by atoms with Crippen LogP contribution < -0.4 is 19.7 Å². The van der Waals surface area contributed by atoms with E-state index in [0.29, 0.717) is 19.8 Å². The quantitative estimate of drug-likeness (QED) is 0.743. The maximum absolute atomic E-state index is 13.2. The maximum Gasteiger partial charge on any atom is 0.242 e. The Balaban J connectivity index is 1.27. The highest BCUT2D eigenvalue weighted by atomic mass is 16.5. The summed E-state index contributed by atoms with van der Waals surface area (Å²) in [7, 11) is 0. The summed E-state index contributed by atoms with van der Waals surface area (Å²) in [5, 5.41) is 3.44. The van der Waals surface area contributed by atoms with Crippen molar-refractivity contribution < 1.29 is 14.3 Å². The van der Waals surface area contributed by atoms with Crippen LogP contribution in [0.15, 0.2) is 42.5 Å². The second kappa shape index (κ2) is 9.72. The molecule has 6 heteroatoms. The van der Waals surface area contributed by atoms with Crippen LogP contribution in [0.4, 0.5) is 11.4 Å². The Morgan fingerprint density at radius 2 is 1.72 bits per heavy atom. The summed E-state index contributed by atoms with van der Waals surface area (Å²) in [6, 6.07) is 14.6. The smallest absolute Gasteiger partial charge is 0.242 e. The number of hydrogen-bond donors (Lipinski definition) is 1. The number of carbonyl (C=O) groups excluding carboxylic acids is 1. The Kier molecular flexibility index (Phi) is 6.37. The van der Waals surface area contributed by atoms with E-state index in [1.807, 2.05) is 17.0 Å². The van der Waals surface area contributed by atoms with Gasteiger partial charge in [-0.2, -0.15) is 0 Å². The zero-order valence-electron chi connectivity index (χ0n) is 18.7. The predicted molar refractivity (Wildman–Crippen MR) is 127 cm³/mol. The lowest BCUT2D eigenvalue weighted by atomic mass is 10.0. The molecule has 2 aromatic carbocycles. The summed E-state index contributed by atoms with van der Waals surface area (Å²) >= 11 is 0. The van der Waals surface area contributed by atoms with Gasteiger partial charge < -0.3 is 24.6 Å². The molecule has 0 aromatic heterocycles. The van der Waals surface area contributed by atoms with Gasteiger partial charge in [-0.05, 0) is 61.9 Å². The molecule has 0 spiro atoms. The second-order valence-corrected chi connectivity index (χ2v) is 8.92. The molecule has 6 nitrogen and oxygen atoms in total. The Morgan fingerprint density at radius 1 is 0.906 bits per heavy atom. The topological polar surface area (TPSA) is 54.0 Å². The largest absolute Gasteiger partial charge is 0.490 e. The lowest BCUT2D eigenvalue weighted by molar-refractivity contribution is -0.130. The average Bonchev–Trinajstić information content (AvgIpc) is 3.22. The molecule has 0 saturated carbocycles. The van der Waals surface area contributed by atoms with E-state index in [1.165, 1.54) is 24.9 Å². The molecule has 3 aliphatic heterocycles. The molecule has 5 rings (SSSR count). The van der Waals surface area contributed by atoms with Crippen LogP contribution in [0.2, 0.25) is 0 Å². The second-order valence-electron chi connectivity index (χ2n) is 8.92. The van der Waals surface area contributed by atoms with E-state index in [1.54, 1.807) is 0 Å². The molecule has 2 fully saturated rings. The van der Waals surface area contributed by atoms with Crippen molar-refractivity contribution in [3.05, 3.63) is 48.0 Å². The molecule has 1 N–H and O–H groups in total. The summed E-state index contributed by atoms with van der Waals surface area (Å²) in [4.78, 5) is 17.7. The number of nitrogens with one attached hydrogen (secondary N) is 1. The number of ether oxygens (including phenoxy) is 2. The predicted octanol–water partition coefficient (Wildman–Crippen LogP) is 4.61. The highest BCUT2D eigenvalue weighted by Gasteiger charge is 2.30. The van der Waals surface area contributed by atoms with Crippen molar-refractivity contribution in [2.45, 2.75) is 44.6 Å². The van der Waals surface area contributed by atoms with E-state index in [-0.39, 0.29) is 11.9 Å². The van der Waals surface area contributed by atoms with Crippen LogP contribution >= 0.6 is 0 Å². The normalized spacial score (nSPS) is 20.7. The standard InChI is InChI=1S/C26H33N3O3/c30-26(19-27-21-8-2-3-9-23(21)28-13-4-1-5-14-28)29-15-6-10-22(29)20-11-12-24-25(18-20)32-17-7-16-31-24/h2-3,8-9,11-12,18,22,27H,1,4-7,10,13-17,19H2. The highest BCUT2D eigenvalue weighted by Crippen LogP contribution is 2.38. The Morgan fingerprint density at radius 3 is 2.59 bits per heavy atom. The van der Waals surface area contributed by atoms with Gasteiger partial charge >= 0.3 is 0 Å². The SMILES string of the molecule is O=C(CNc1ccccc1N1CCCCC1)N1CCCC1c1ccc2c(c1)OCCCO2. The van der Waals surface area contributed by atoms with Crippen molar-refractivity contribution >= 4 is 17.3 Å². The number of fused-ring (bicyclic) bond motifs is 1. The molecular formula is C26H33N3O3. The van der Waals surface area contributed by atoms with Crippen LogP contribution in [0, 0.1) is 0 Å². The number of para-hydroxylation sites is 2. The molecule has 0 radical (unpaired) electrons. The van der Waals surface area contributed by atoms with Gasteiger partial charge in [-0.25, -0.2) is 0 Å². The van der Waals surface area contributed by atoms with E-state index < -0.39 is 0 Å². The van der Waals surface area contributed by atoms with E-state index in [9.17, 15) is 4.79 Å². The lowest BCUT2D eigenvalue weighted by Gasteiger charge is -2.31. The maximum atomic E-state index is 13.2. The minimum Gasteiger partial charge on any atom is -0.490 e. The molecule has 0 aliphatic carbocycles. The molecule has 170 valence electrons. The third-order valence-corrected chi connectivity index (χ3v) is 6.76. The van der Waals surface area contributed by atoms with Crippen LogP contribution in [0.3, 0.4) is 0 Å². The summed E-state index contributed by atoms with van der Waals surface area (Å²) < 4.78 is 11.6. The summed E-state index contributed by atoms with van der Waals surface area (Å²) in [6.07, 6.45) is 6.67. The van der Waals surface area contributed by atoms with Crippen LogP contribution in [-0.2, 0) is 4.79 Å². The first-order valence-corrected chi connectivity index (χ1v) is 12.1. The number of rotatable bonds is 5. The van der Waals surface area contributed by atoms with Gasteiger partial charge in [0.25, 0.3) is 0 Å². The summed E-state index contributed by atoms with van der Waals surface area (Å²) in [6.45, 7) is 4.64. The van der Waals surface area contributed by atoms with Gasteiger partial charge in [0.2, 0.25) is 5.91 Å². The van der Waals surface area contributed by atoms with Crippen molar-refractivity contribution in [3.63, 3.8) is 0 Å². The van der Waals surface area contributed by atoms with Gasteiger partial charge in [-0.3, -0.25) is 4.79 Å². The van der Waals surface area contributed by atoms with Gasteiger partial charge in [0, 0.05) is 26.1 Å². The first kappa shape index (κ1) is 21.0. The zero-order valence-corrected chi connectivity index (χ0v) is 18.7. The number of benzene rings is 2. The molecule has 3 heterocycles. The molecule has 1 atom stereocenters. The summed E-state index contributed by atoms with van der Waals surface area (Å²) in [5.74, 6) is 1.75. The number of hydrogen-bond acceptors (Lipinski definition) is 5. The van der Waals surface area contributed by atoms with Crippen molar-refractivity contribution in [1.29, 1.82) is 0 Å². The van der Waals surface area contributed by atoms with Gasteiger partial charge in [-0.15, -0.1) is 0 Å². The van der Waals surface area contributed by atoms with Crippen LogP contribution in [-0.4, -0.2) is 50.2 Å². The van der Waals surface area contributed by atoms with Crippen LogP contribution in [0.1, 0.15) is 50.1 Å². The molecule has 0 bridgehead atoms. The highest BCUT2D eigenvalue weighted by molar-refractivity contribution is 5.83. The first-order valence-electron chi connectivity index (χ1n) is 12.1. The van der Waals surface area contributed by atoms with Gasteiger partial charge in [0.15, 0.2) is 11.5 Å². The molecule has 1 amide bonds. The Hall–Kier alpha value is -2.89. The Bertz CT molecular complexity index is 942. The zero-order chi connectivity index (χ0) is 21.8. The van der Waals surface area contributed by atoms with E-state index in [2.05, 4.69) is 40.5 Å². The number of carbonyl (C=O) groups is 1.